The zero-order valence-electron chi connectivity index (χ0n) is 12.2. The minimum atomic E-state index is -0.844. The van der Waals surface area contributed by atoms with Crippen molar-refractivity contribution in [3.8, 4) is 11.5 Å². The molecule has 0 aliphatic carbocycles. The molecule has 2 aromatic carbocycles. The molecular formula is C16H18BNO3. The Labute approximate surface area is 125 Å². The first-order valence-electron chi connectivity index (χ1n) is 6.96. The van der Waals surface area contributed by atoms with E-state index in [2.05, 4.69) is 11.0 Å². The van der Waals surface area contributed by atoms with E-state index in [9.17, 15) is 5.02 Å². The summed E-state index contributed by atoms with van der Waals surface area (Å²) in [6.45, 7) is 1.32. The van der Waals surface area contributed by atoms with Gasteiger partial charge in [-0.3, -0.25) is 0 Å². The fraction of sp³-hybridized carbons (Fsp3) is 0.250. The molecule has 1 N–H and O–H groups in total. The molecule has 0 saturated heterocycles. The molecule has 1 heterocycles. The van der Waals surface area contributed by atoms with Gasteiger partial charge in [0.2, 0.25) is 0 Å². The Morgan fingerprint density at radius 3 is 2.81 bits per heavy atom. The first-order valence-corrected chi connectivity index (χ1v) is 6.96. The zero-order chi connectivity index (χ0) is 14.8. The Balaban J connectivity index is 1.79. The lowest BCUT2D eigenvalue weighted by Gasteiger charge is -2.12. The molecule has 2 aromatic rings. The Morgan fingerprint density at radius 2 is 2.00 bits per heavy atom. The van der Waals surface area contributed by atoms with Crippen LogP contribution in [0.4, 0.5) is 0 Å². The number of hydrogen-bond donors (Lipinski definition) is 1. The van der Waals surface area contributed by atoms with Crippen molar-refractivity contribution in [3.63, 3.8) is 0 Å². The second kappa shape index (κ2) is 5.89. The lowest BCUT2D eigenvalue weighted by molar-refractivity contribution is 0.275. The van der Waals surface area contributed by atoms with Crippen molar-refractivity contribution in [2.24, 2.45) is 0 Å². The van der Waals surface area contributed by atoms with Gasteiger partial charge in [0.1, 0.15) is 11.5 Å². The molecule has 1 aliphatic rings. The molecule has 0 aromatic heterocycles. The molecule has 0 fully saturated rings. The fourth-order valence-corrected chi connectivity index (χ4v) is 2.46. The summed E-state index contributed by atoms with van der Waals surface area (Å²) in [5, 5.41) is 9.73. The third-order valence-corrected chi connectivity index (χ3v) is 3.41. The lowest BCUT2D eigenvalue weighted by atomic mass is 9.79. The van der Waals surface area contributed by atoms with E-state index in [1.807, 2.05) is 50.5 Å². The summed E-state index contributed by atoms with van der Waals surface area (Å²) < 4.78 is 11.1. The lowest BCUT2D eigenvalue weighted by Crippen LogP contribution is -2.27. The number of ether oxygens (including phenoxy) is 1. The van der Waals surface area contributed by atoms with E-state index in [0.717, 1.165) is 23.3 Å². The van der Waals surface area contributed by atoms with Gasteiger partial charge in [-0.2, -0.15) is 0 Å². The van der Waals surface area contributed by atoms with Crippen LogP contribution in [0.1, 0.15) is 11.1 Å². The molecule has 1 aliphatic heterocycles. The van der Waals surface area contributed by atoms with Crippen LogP contribution >= 0.6 is 0 Å². The third kappa shape index (κ3) is 3.27. The Morgan fingerprint density at radius 1 is 1.19 bits per heavy atom. The first-order chi connectivity index (χ1) is 10.1. The minimum Gasteiger partial charge on any atom is -0.457 e. The van der Waals surface area contributed by atoms with Crippen LogP contribution in [0.25, 0.3) is 0 Å². The fourth-order valence-electron chi connectivity index (χ4n) is 2.46. The van der Waals surface area contributed by atoms with E-state index in [-0.39, 0.29) is 0 Å². The van der Waals surface area contributed by atoms with Crippen molar-refractivity contribution in [3.05, 3.63) is 53.6 Å². The van der Waals surface area contributed by atoms with Crippen LogP contribution in [0.2, 0.25) is 0 Å². The highest BCUT2D eigenvalue weighted by atomic mass is 16.5. The molecule has 0 atom stereocenters. The average Bonchev–Trinajstić information content (AvgIpc) is 2.80. The normalized spacial score (nSPS) is 13.6. The van der Waals surface area contributed by atoms with Crippen molar-refractivity contribution < 1.29 is 14.4 Å². The highest BCUT2D eigenvalue weighted by Crippen LogP contribution is 2.24. The van der Waals surface area contributed by atoms with Gasteiger partial charge in [0.05, 0.1) is 6.61 Å². The van der Waals surface area contributed by atoms with Gasteiger partial charge in [-0.1, -0.05) is 18.2 Å². The number of hydrogen-bond acceptors (Lipinski definition) is 4. The van der Waals surface area contributed by atoms with Crippen molar-refractivity contribution >= 4 is 12.6 Å². The summed E-state index contributed by atoms with van der Waals surface area (Å²) in [6, 6.07) is 13.7. The summed E-state index contributed by atoms with van der Waals surface area (Å²) in [5.74, 6) is 1.50. The molecule has 21 heavy (non-hydrogen) atoms. The van der Waals surface area contributed by atoms with Crippen LogP contribution in [0, 0.1) is 0 Å². The molecule has 3 rings (SSSR count). The average molecular weight is 283 g/mol. The number of rotatable bonds is 4. The second-order valence-corrected chi connectivity index (χ2v) is 5.51. The molecule has 0 spiro atoms. The van der Waals surface area contributed by atoms with Gasteiger partial charge in [-0.15, -0.1) is 0 Å². The van der Waals surface area contributed by atoms with Crippen molar-refractivity contribution in [2.45, 2.75) is 13.2 Å². The second-order valence-electron chi connectivity index (χ2n) is 5.51. The number of fused-ring (bicyclic) bond motifs is 1. The van der Waals surface area contributed by atoms with Gasteiger partial charge in [-0.05, 0) is 55.0 Å². The SMILES string of the molecule is CN(C)Cc1cccc(Oc2ccc3c(c2)B(O)OC3)c1. The van der Waals surface area contributed by atoms with Crippen LogP contribution in [-0.2, 0) is 17.8 Å². The van der Waals surface area contributed by atoms with Gasteiger partial charge in [-0.25, -0.2) is 0 Å². The topological polar surface area (TPSA) is 41.9 Å². The van der Waals surface area contributed by atoms with E-state index in [4.69, 9.17) is 9.39 Å². The van der Waals surface area contributed by atoms with Crippen molar-refractivity contribution in [1.29, 1.82) is 0 Å². The predicted molar refractivity (Wildman–Crippen MR) is 82.7 cm³/mol. The molecular weight excluding hydrogens is 265 g/mol. The van der Waals surface area contributed by atoms with Crippen LogP contribution in [0.3, 0.4) is 0 Å². The molecule has 0 saturated carbocycles. The highest BCUT2D eigenvalue weighted by Gasteiger charge is 2.27. The van der Waals surface area contributed by atoms with E-state index >= 15 is 0 Å². The first kappa shape index (κ1) is 14.1. The predicted octanol–water partition coefficient (Wildman–Crippen LogP) is 1.76. The van der Waals surface area contributed by atoms with Gasteiger partial charge < -0.3 is 19.3 Å². The van der Waals surface area contributed by atoms with E-state index in [0.29, 0.717) is 12.4 Å². The van der Waals surface area contributed by atoms with Crippen molar-refractivity contribution in [2.75, 3.05) is 14.1 Å². The van der Waals surface area contributed by atoms with E-state index < -0.39 is 7.12 Å². The summed E-state index contributed by atoms with van der Waals surface area (Å²) >= 11 is 0. The molecule has 4 nitrogen and oxygen atoms in total. The van der Waals surface area contributed by atoms with E-state index in [1.165, 1.54) is 5.56 Å². The van der Waals surface area contributed by atoms with Gasteiger partial charge in [0.25, 0.3) is 0 Å². The quantitative estimate of drug-likeness (QED) is 0.868. The van der Waals surface area contributed by atoms with E-state index in [1.54, 1.807) is 0 Å². The van der Waals surface area contributed by atoms with Crippen molar-refractivity contribution in [1.82, 2.24) is 4.90 Å². The standard InChI is InChI=1S/C16H18BNO3/c1-18(2)10-12-4-3-5-14(8-12)21-15-7-6-13-11-20-17(19)16(13)9-15/h3-9,19H,10-11H2,1-2H3. The summed E-state index contributed by atoms with van der Waals surface area (Å²) in [4.78, 5) is 2.11. The number of benzene rings is 2. The molecule has 0 amide bonds. The summed E-state index contributed by atoms with van der Waals surface area (Å²) in [5.41, 5.74) is 3.00. The summed E-state index contributed by atoms with van der Waals surface area (Å²) in [7, 11) is 3.23. The Bertz CT molecular complexity index is 645. The largest absolute Gasteiger partial charge is 0.491 e. The minimum absolute atomic E-state index is 0.453. The Kier molecular flexibility index (Phi) is 3.97. The Hall–Kier alpha value is -1.82. The zero-order valence-corrected chi connectivity index (χ0v) is 12.2. The number of nitrogens with zero attached hydrogens (tertiary/aromatic N) is 1. The molecule has 0 bridgehead atoms. The maximum atomic E-state index is 9.73. The van der Waals surface area contributed by atoms with Gasteiger partial charge in [0, 0.05) is 6.54 Å². The molecule has 0 radical (unpaired) electrons. The smallest absolute Gasteiger partial charge is 0.457 e. The third-order valence-electron chi connectivity index (χ3n) is 3.41. The maximum absolute atomic E-state index is 9.73. The molecule has 108 valence electrons. The molecule has 0 unspecified atom stereocenters. The van der Waals surface area contributed by atoms with Gasteiger partial charge in [0.15, 0.2) is 0 Å². The van der Waals surface area contributed by atoms with Crippen LogP contribution in [0.5, 0.6) is 11.5 Å². The maximum Gasteiger partial charge on any atom is 0.491 e. The van der Waals surface area contributed by atoms with Crippen LogP contribution in [0.15, 0.2) is 42.5 Å². The summed E-state index contributed by atoms with van der Waals surface area (Å²) in [6.07, 6.45) is 0. The molecule has 5 heteroatoms. The van der Waals surface area contributed by atoms with Crippen LogP contribution < -0.4 is 10.2 Å². The van der Waals surface area contributed by atoms with Gasteiger partial charge >= 0.3 is 7.12 Å². The van der Waals surface area contributed by atoms with Crippen LogP contribution in [-0.4, -0.2) is 31.1 Å². The highest BCUT2D eigenvalue weighted by molar-refractivity contribution is 6.61. The monoisotopic (exact) mass is 283 g/mol.